The van der Waals surface area contributed by atoms with Gasteiger partial charge in [0.15, 0.2) is 0 Å². The van der Waals surface area contributed by atoms with E-state index in [1.807, 2.05) is 67.3 Å². The van der Waals surface area contributed by atoms with Gasteiger partial charge in [-0.15, -0.1) is 6.58 Å². The number of para-hydroxylation sites is 1. The molecule has 0 spiro atoms. The molecule has 5 nitrogen and oxygen atoms in total. The van der Waals surface area contributed by atoms with Crippen LogP contribution in [-0.4, -0.2) is 34.2 Å². The Kier molecular flexibility index (Phi) is 4.94. The maximum atomic E-state index is 13.7. The fourth-order valence-corrected chi connectivity index (χ4v) is 4.33. The largest absolute Gasteiger partial charge is 0.490 e. The van der Waals surface area contributed by atoms with Gasteiger partial charge in [-0.25, -0.2) is 0 Å². The molecule has 2 aliphatic rings. The summed E-state index contributed by atoms with van der Waals surface area (Å²) in [6.07, 6.45) is 4.57. The molecule has 0 bridgehead atoms. The molecule has 3 atom stereocenters. The summed E-state index contributed by atoms with van der Waals surface area (Å²) in [5, 5.41) is 0. The molecule has 146 valence electrons. The van der Waals surface area contributed by atoms with E-state index in [4.69, 9.17) is 9.47 Å². The average Bonchev–Trinajstić information content (AvgIpc) is 2.98. The van der Waals surface area contributed by atoms with Crippen molar-refractivity contribution in [3.8, 4) is 5.75 Å². The van der Waals surface area contributed by atoms with Crippen molar-refractivity contribution in [2.45, 2.75) is 44.6 Å². The fraction of sp³-hybridized carbons (Fsp3) is 0.391. The van der Waals surface area contributed by atoms with Crippen LogP contribution < -0.4 is 4.74 Å². The summed E-state index contributed by atoms with van der Waals surface area (Å²) in [5.74, 6) is 0.664. The van der Waals surface area contributed by atoms with E-state index in [2.05, 4.69) is 11.6 Å². The van der Waals surface area contributed by atoms with Gasteiger partial charge in [0, 0.05) is 29.8 Å². The van der Waals surface area contributed by atoms with Crippen LogP contribution in [0.4, 0.5) is 0 Å². The predicted octanol–water partition coefficient (Wildman–Crippen LogP) is 3.91. The zero-order chi connectivity index (χ0) is 19.7. The predicted molar refractivity (Wildman–Crippen MR) is 107 cm³/mol. The Hall–Kier alpha value is -2.66. The number of carbonyl (C=O) groups is 1. The number of allylic oxidation sites excluding steroid dienone is 1. The van der Waals surface area contributed by atoms with E-state index in [1.54, 1.807) is 6.20 Å². The molecule has 1 amide bonds. The van der Waals surface area contributed by atoms with Gasteiger partial charge in [0.25, 0.3) is 0 Å². The zero-order valence-corrected chi connectivity index (χ0v) is 16.4. The molecule has 1 fully saturated rings. The summed E-state index contributed by atoms with van der Waals surface area (Å²) < 4.78 is 12.1. The average molecular weight is 378 g/mol. The lowest BCUT2D eigenvalue weighted by molar-refractivity contribution is -0.152. The first-order valence-corrected chi connectivity index (χ1v) is 9.75. The van der Waals surface area contributed by atoms with Gasteiger partial charge in [0.05, 0.1) is 6.04 Å². The van der Waals surface area contributed by atoms with Gasteiger partial charge in [-0.3, -0.25) is 9.78 Å². The molecule has 2 aromatic rings. The number of aromatic nitrogens is 1. The van der Waals surface area contributed by atoms with Crippen LogP contribution in [0.25, 0.3) is 0 Å². The number of hydrogen-bond donors (Lipinski definition) is 0. The van der Waals surface area contributed by atoms with Crippen molar-refractivity contribution in [2.24, 2.45) is 5.92 Å². The van der Waals surface area contributed by atoms with E-state index in [1.165, 1.54) is 0 Å². The Labute approximate surface area is 166 Å². The van der Waals surface area contributed by atoms with Crippen molar-refractivity contribution in [2.75, 3.05) is 6.61 Å². The van der Waals surface area contributed by atoms with Gasteiger partial charge in [-0.1, -0.05) is 30.3 Å². The molecule has 2 aliphatic heterocycles. The highest BCUT2D eigenvalue weighted by Crippen LogP contribution is 2.47. The minimum atomic E-state index is -0.712. The highest BCUT2D eigenvalue weighted by Gasteiger charge is 2.53. The zero-order valence-electron chi connectivity index (χ0n) is 16.4. The van der Waals surface area contributed by atoms with E-state index < -0.39 is 5.72 Å². The highest BCUT2D eigenvalue weighted by molar-refractivity contribution is 5.81. The molecule has 0 radical (unpaired) electrons. The second kappa shape index (κ2) is 7.40. The molecule has 3 heterocycles. The molecule has 28 heavy (non-hydrogen) atoms. The Balaban J connectivity index is 1.68. The van der Waals surface area contributed by atoms with Gasteiger partial charge >= 0.3 is 0 Å². The van der Waals surface area contributed by atoms with Crippen molar-refractivity contribution in [1.82, 2.24) is 9.88 Å². The van der Waals surface area contributed by atoms with Gasteiger partial charge in [-0.2, -0.15) is 0 Å². The first-order valence-electron chi connectivity index (χ1n) is 9.75. The number of pyridine rings is 1. The van der Waals surface area contributed by atoms with Crippen LogP contribution in [-0.2, 0) is 16.0 Å². The summed E-state index contributed by atoms with van der Waals surface area (Å²) in [5.41, 5.74) is 1.20. The molecule has 1 aromatic heterocycles. The van der Waals surface area contributed by atoms with Crippen molar-refractivity contribution < 1.29 is 14.3 Å². The second-order valence-corrected chi connectivity index (χ2v) is 7.85. The van der Waals surface area contributed by atoms with Crippen molar-refractivity contribution in [1.29, 1.82) is 0 Å². The smallest absolute Gasteiger partial charge is 0.229 e. The number of fused-ring (bicyclic) bond motifs is 3. The molecular weight excluding hydrogens is 352 g/mol. The van der Waals surface area contributed by atoms with Crippen LogP contribution >= 0.6 is 0 Å². The lowest BCUT2D eigenvalue weighted by Crippen LogP contribution is -2.48. The van der Waals surface area contributed by atoms with Crippen LogP contribution in [0.15, 0.2) is 61.3 Å². The lowest BCUT2D eigenvalue weighted by Gasteiger charge is -2.37. The third-order valence-electron chi connectivity index (χ3n) is 5.51. The number of hydrogen-bond acceptors (Lipinski definition) is 4. The first-order chi connectivity index (χ1) is 13.5. The maximum Gasteiger partial charge on any atom is 0.229 e. The third kappa shape index (κ3) is 3.31. The van der Waals surface area contributed by atoms with Gasteiger partial charge < -0.3 is 14.4 Å². The topological polar surface area (TPSA) is 51.7 Å². The fourth-order valence-electron chi connectivity index (χ4n) is 4.33. The molecular formula is C23H26N2O3. The Morgan fingerprint density at radius 2 is 2.11 bits per heavy atom. The quantitative estimate of drug-likeness (QED) is 0.740. The molecule has 0 saturated carbocycles. The summed E-state index contributed by atoms with van der Waals surface area (Å²) in [7, 11) is 0. The number of amides is 1. The third-order valence-corrected chi connectivity index (χ3v) is 5.51. The van der Waals surface area contributed by atoms with Gasteiger partial charge in [-0.05, 0) is 38.5 Å². The van der Waals surface area contributed by atoms with Crippen molar-refractivity contribution >= 4 is 5.91 Å². The minimum Gasteiger partial charge on any atom is -0.490 e. The molecule has 1 aromatic carbocycles. The summed E-state index contributed by atoms with van der Waals surface area (Å²) in [6.45, 7) is 8.22. The van der Waals surface area contributed by atoms with Crippen molar-refractivity contribution in [3.05, 3.63) is 72.6 Å². The summed E-state index contributed by atoms with van der Waals surface area (Å²) in [6, 6.07) is 13.6. The van der Waals surface area contributed by atoms with E-state index in [-0.39, 0.29) is 24.0 Å². The minimum absolute atomic E-state index is 0.0692. The molecule has 0 N–H and O–H groups in total. The molecule has 4 rings (SSSR count). The monoisotopic (exact) mass is 378 g/mol. The number of rotatable bonds is 5. The highest BCUT2D eigenvalue weighted by atomic mass is 16.6. The van der Waals surface area contributed by atoms with E-state index >= 15 is 0 Å². The van der Waals surface area contributed by atoms with Crippen LogP contribution in [0, 0.1) is 5.92 Å². The Morgan fingerprint density at radius 1 is 1.32 bits per heavy atom. The summed E-state index contributed by atoms with van der Waals surface area (Å²) >= 11 is 0. The van der Waals surface area contributed by atoms with E-state index in [0.29, 0.717) is 19.4 Å². The molecule has 0 unspecified atom stereocenters. The number of ether oxygens (including phenoxy) is 2. The number of carbonyl (C=O) groups excluding carboxylic acids is 1. The SMILES string of the molecule is C=CC[C@@H](Cc1ccccn1)C(=O)N1[C@H]2c3ccccc3OC[C@H]2OC1(C)C. The Bertz CT molecular complexity index is 865. The van der Waals surface area contributed by atoms with Crippen LogP contribution in [0.2, 0.25) is 0 Å². The number of benzene rings is 1. The van der Waals surface area contributed by atoms with Gasteiger partial charge in [0.1, 0.15) is 24.2 Å². The Morgan fingerprint density at radius 3 is 2.86 bits per heavy atom. The lowest BCUT2D eigenvalue weighted by atomic mass is 9.92. The van der Waals surface area contributed by atoms with Gasteiger partial charge in [0.2, 0.25) is 5.91 Å². The normalized spacial score (nSPS) is 23.3. The maximum absolute atomic E-state index is 13.7. The second-order valence-electron chi connectivity index (χ2n) is 7.85. The molecule has 0 aliphatic carbocycles. The van der Waals surface area contributed by atoms with E-state index in [0.717, 1.165) is 17.0 Å². The first kappa shape index (κ1) is 18.7. The molecule has 1 saturated heterocycles. The van der Waals surface area contributed by atoms with Crippen molar-refractivity contribution in [3.63, 3.8) is 0 Å². The standard InChI is InChI=1S/C23H26N2O3/c1-4-9-16(14-17-10-7-8-13-24-17)22(26)25-21-18-11-5-6-12-19(18)27-15-20(21)28-23(25,2)3/h4-8,10-13,16,20-21H,1,9,14-15H2,2-3H3/t16-,20+,21-/m0/s1. The van der Waals surface area contributed by atoms with Crippen LogP contribution in [0.3, 0.4) is 0 Å². The number of nitrogens with zero attached hydrogens (tertiary/aromatic N) is 2. The van der Waals surface area contributed by atoms with Crippen LogP contribution in [0.1, 0.15) is 37.6 Å². The summed E-state index contributed by atoms with van der Waals surface area (Å²) in [4.78, 5) is 20.1. The molecule has 5 heteroatoms. The van der Waals surface area contributed by atoms with Crippen LogP contribution in [0.5, 0.6) is 5.75 Å². The van der Waals surface area contributed by atoms with E-state index in [9.17, 15) is 4.79 Å².